The van der Waals surface area contributed by atoms with E-state index < -0.39 is 0 Å². The number of nitrogens with zero attached hydrogens (tertiary/aromatic N) is 3. The molecule has 1 aromatic heterocycles. The highest BCUT2D eigenvalue weighted by atomic mass is 79.9. The summed E-state index contributed by atoms with van der Waals surface area (Å²) in [5.74, 6) is 1.04. The average molecular weight is 336 g/mol. The Bertz CT molecular complexity index is 597. The number of anilines is 1. The largest absolute Gasteiger partial charge is 0.395 e. The highest BCUT2D eigenvalue weighted by Crippen LogP contribution is 2.25. The number of para-hydroxylation sites is 1. The number of aliphatic hydroxyl groups excluding tert-OH is 1. The number of benzene rings is 1. The lowest BCUT2D eigenvalue weighted by molar-refractivity contribution is 0.188. The van der Waals surface area contributed by atoms with Gasteiger partial charge in [0, 0.05) is 42.6 Å². The summed E-state index contributed by atoms with van der Waals surface area (Å²) < 4.78 is 1.04. The summed E-state index contributed by atoms with van der Waals surface area (Å²) in [5, 5.41) is 10.1. The summed E-state index contributed by atoms with van der Waals surface area (Å²) in [6.07, 6.45) is 0. The highest BCUT2D eigenvalue weighted by molar-refractivity contribution is 9.10. The van der Waals surface area contributed by atoms with Gasteiger partial charge in [0.25, 0.3) is 0 Å². The maximum atomic E-state index is 8.98. The van der Waals surface area contributed by atoms with E-state index in [1.54, 1.807) is 0 Å². The Labute approximate surface area is 127 Å². The number of pyridine rings is 1. The van der Waals surface area contributed by atoms with Crippen molar-refractivity contribution in [3.63, 3.8) is 0 Å². The van der Waals surface area contributed by atoms with Gasteiger partial charge in [0.2, 0.25) is 0 Å². The molecule has 0 atom stereocenters. The Morgan fingerprint density at radius 1 is 1.10 bits per heavy atom. The van der Waals surface area contributed by atoms with Gasteiger partial charge < -0.3 is 10.0 Å². The molecule has 2 heterocycles. The number of β-amino-alcohol motifs (C(OH)–C–C–N with tert-alkyl or cyclic N) is 1. The van der Waals surface area contributed by atoms with Crippen molar-refractivity contribution in [2.75, 3.05) is 44.2 Å². The Hall–Kier alpha value is -1.17. The van der Waals surface area contributed by atoms with Crippen molar-refractivity contribution in [1.82, 2.24) is 9.88 Å². The molecular formula is C15H18BrN3O. The first-order valence-corrected chi connectivity index (χ1v) is 7.70. The van der Waals surface area contributed by atoms with Crippen molar-refractivity contribution in [2.45, 2.75) is 0 Å². The number of rotatable bonds is 3. The standard InChI is InChI=1S/C15H18BrN3O/c16-13-3-1-2-12-4-5-14(17-15(12)13)19-8-6-18(7-9-19)10-11-20/h1-5,20H,6-11H2. The summed E-state index contributed by atoms with van der Waals surface area (Å²) in [4.78, 5) is 9.38. The van der Waals surface area contributed by atoms with E-state index in [1.807, 2.05) is 12.1 Å². The second kappa shape index (κ2) is 6.08. The molecule has 3 rings (SSSR count). The number of aliphatic hydroxyl groups is 1. The molecule has 1 N–H and O–H groups in total. The molecule has 0 radical (unpaired) electrons. The molecule has 0 spiro atoms. The van der Waals surface area contributed by atoms with Gasteiger partial charge in [-0.2, -0.15) is 0 Å². The molecule has 1 aliphatic rings. The summed E-state index contributed by atoms with van der Waals surface area (Å²) in [7, 11) is 0. The number of fused-ring (bicyclic) bond motifs is 1. The van der Waals surface area contributed by atoms with Gasteiger partial charge in [0.05, 0.1) is 12.1 Å². The quantitative estimate of drug-likeness (QED) is 0.932. The van der Waals surface area contributed by atoms with Crippen LogP contribution < -0.4 is 4.90 Å². The molecule has 0 amide bonds. The molecule has 106 valence electrons. The molecule has 4 nitrogen and oxygen atoms in total. The summed E-state index contributed by atoms with van der Waals surface area (Å²) >= 11 is 3.57. The van der Waals surface area contributed by atoms with E-state index in [2.05, 4.69) is 43.9 Å². The van der Waals surface area contributed by atoms with Crippen LogP contribution in [0.1, 0.15) is 0 Å². The molecule has 0 aliphatic carbocycles. The van der Waals surface area contributed by atoms with Crippen LogP contribution in [0.5, 0.6) is 0 Å². The molecule has 0 saturated carbocycles. The van der Waals surface area contributed by atoms with Crippen molar-refractivity contribution in [3.05, 3.63) is 34.8 Å². The Kier molecular flexibility index (Phi) is 4.19. The van der Waals surface area contributed by atoms with Gasteiger partial charge in [-0.15, -0.1) is 0 Å². The molecule has 0 unspecified atom stereocenters. The lowest BCUT2D eigenvalue weighted by Gasteiger charge is -2.35. The molecule has 1 fully saturated rings. The molecule has 2 aromatic rings. The van der Waals surface area contributed by atoms with Gasteiger partial charge in [-0.3, -0.25) is 4.90 Å². The molecule has 20 heavy (non-hydrogen) atoms. The lowest BCUT2D eigenvalue weighted by Crippen LogP contribution is -2.47. The highest BCUT2D eigenvalue weighted by Gasteiger charge is 2.17. The van der Waals surface area contributed by atoms with Crippen molar-refractivity contribution < 1.29 is 5.11 Å². The minimum atomic E-state index is 0.237. The fraction of sp³-hybridized carbons (Fsp3) is 0.400. The van der Waals surface area contributed by atoms with Crippen LogP contribution in [0.4, 0.5) is 5.82 Å². The fourth-order valence-electron chi connectivity index (χ4n) is 2.62. The van der Waals surface area contributed by atoms with E-state index in [0.717, 1.165) is 53.9 Å². The van der Waals surface area contributed by atoms with Crippen LogP contribution in [0.15, 0.2) is 34.8 Å². The smallest absolute Gasteiger partial charge is 0.129 e. The second-order valence-electron chi connectivity index (χ2n) is 5.03. The molecule has 1 saturated heterocycles. The van der Waals surface area contributed by atoms with E-state index in [1.165, 1.54) is 0 Å². The minimum Gasteiger partial charge on any atom is -0.395 e. The normalized spacial score (nSPS) is 16.8. The summed E-state index contributed by atoms with van der Waals surface area (Å²) in [6, 6.07) is 10.4. The van der Waals surface area contributed by atoms with Crippen molar-refractivity contribution in [1.29, 1.82) is 0 Å². The molecule has 1 aliphatic heterocycles. The van der Waals surface area contributed by atoms with Crippen LogP contribution in [-0.2, 0) is 0 Å². The lowest BCUT2D eigenvalue weighted by atomic mass is 10.2. The summed E-state index contributed by atoms with van der Waals surface area (Å²) in [5.41, 5.74) is 1.02. The van der Waals surface area contributed by atoms with Gasteiger partial charge in [0.15, 0.2) is 0 Å². The summed E-state index contributed by atoms with van der Waals surface area (Å²) in [6.45, 7) is 4.89. The predicted molar refractivity (Wildman–Crippen MR) is 85.2 cm³/mol. The van der Waals surface area contributed by atoms with Crippen LogP contribution >= 0.6 is 15.9 Å². The first kappa shape index (κ1) is 13.8. The van der Waals surface area contributed by atoms with Crippen LogP contribution in [0, 0.1) is 0 Å². The van der Waals surface area contributed by atoms with E-state index in [0.29, 0.717) is 0 Å². The SMILES string of the molecule is OCCN1CCN(c2ccc3cccc(Br)c3n2)CC1. The van der Waals surface area contributed by atoms with Crippen LogP contribution in [0.2, 0.25) is 0 Å². The fourth-order valence-corrected chi connectivity index (χ4v) is 3.09. The number of hydrogen-bond donors (Lipinski definition) is 1. The third kappa shape index (κ3) is 2.80. The van der Waals surface area contributed by atoms with Gasteiger partial charge in [0.1, 0.15) is 5.82 Å². The second-order valence-corrected chi connectivity index (χ2v) is 5.89. The third-order valence-electron chi connectivity index (χ3n) is 3.77. The van der Waals surface area contributed by atoms with Gasteiger partial charge in [-0.05, 0) is 34.1 Å². The maximum absolute atomic E-state index is 8.98. The Morgan fingerprint density at radius 3 is 2.65 bits per heavy atom. The van der Waals surface area contributed by atoms with Crippen molar-refractivity contribution in [3.8, 4) is 0 Å². The molecular weight excluding hydrogens is 318 g/mol. The van der Waals surface area contributed by atoms with Gasteiger partial charge in [-0.25, -0.2) is 4.98 Å². The zero-order chi connectivity index (χ0) is 13.9. The monoisotopic (exact) mass is 335 g/mol. The zero-order valence-electron chi connectivity index (χ0n) is 11.3. The first-order chi connectivity index (χ1) is 9.78. The number of piperazine rings is 1. The molecule has 5 heteroatoms. The number of aromatic nitrogens is 1. The number of halogens is 1. The topological polar surface area (TPSA) is 39.6 Å². The minimum absolute atomic E-state index is 0.237. The van der Waals surface area contributed by atoms with E-state index in [4.69, 9.17) is 10.1 Å². The number of hydrogen-bond acceptors (Lipinski definition) is 4. The first-order valence-electron chi connectivity index (χ1n) is 6.91. The van der Waals surface area contributed by atoms with Crippen LogP contribution in [0.3, 0.4) is 0 Å². The van der Waals surface area contributed by atoms with Crippen molar-refractivity contribution >= 4 is 32.7 Å². The Balaban J connectivity index is 1.79. The van der Waals surface area contributed by atoms with Gasteiger partial charge >= 0.3 is 0 Å². The predicted octanol–water partition coefficient (Wildman–Crippen LogP) is 2.11. The average Bonchev–Trinajstić information content (AvgIpc) is 2.49. The van der Waals surface area contributed by atoms with Gasteiger partial charge in [-0.1, -0.05) is 12.1 Å². The third-order valence-corrected chi connectivity index (χ3v) is 4.41. The van der Waals surface area contributed by atoms with Crippen LogP contribution in [0.25, 0.3) is 10.9 Å². The maximum Gasteiger partial charge on any atom is 0.129 e. The van der Waals surface area contributed by atoms with Crippen molar-refractivity contribution in [2.24, 2.45) is 0 Å². The Morgan fingerprint density at radius 2 is 1.90 bits per heavy atom. The molecule has 0 bridgehead atoms. The van der Waals surface area contributed by atoms with E-state index >= 15 is 0 Å². The van der Waals surface area contributed by atoms with Crippen LogP contribution in [-0.4, -0.2) is 54.3 Å². The zero-order valence-corrected chi connectivity index (χ0v) is 12.9. The van der Waals surface area contributed by atoms with E-state index in [9.17, 15) is 0 Å². The van der Waals surface area contributed by atoms with E-state index in [-0.39, 0.29) is 6.61 Å². The molecule has 1 aromatic carbocycles.